The minimum absolute atomic E-state index is 0.00755. The highest BCUT2D eigenvalue weighted by atomic mass is 32.1. The Morgan fingerprint density at radius 2 is 2.42 bits per heavy atom. The van der Waals surface area contributed by atoms with Crippen LogP contribution >= 0.6 is 12.2 Å². The molecule has 12 heavy (non-hydrogen) atoms. The van der Waals surface area contributed by atoms with Gasteiger partial charge >= 0.3 is 6.03 Å². The van der Waals surface area contributed by atoms with Crippen LogP contribution in [0.2, 0.25) is 0 Å². The summed E-state index contributed by atoms with van der Waals surface area (Å²) >= 11 is 4.70. The maximum Gasteiger partial charge on any atom is 0.324 e. The minimum Gasteiger partial charge on any atom is -0.326 e. The molecule has 0 atom stereocenters. The van der Waals surface area contributed by atoms with E-state index in [-0.39, 0.29) is 11.1 Å². The summed E-state index contributed by atoms with van der Waals surface area (Å²) in [6.07, 6.45) is 0. The Bertz CT molecular complexity index is 271. The van der Waals surface area contributed by atoms with Crippen LogP contribution in [0.25, 0.3) is 10.4 Å². The highest BCUT2D eigenvalue weighted by molar-refractivity contribution is 7.80. The fraction of sp³-hybridized carbons (Fsp3) is 0.600. The molecular weight excluding hydrogens is 178 g/mol. The zero-order valence-corrected chi connectivity index (χ0v) is 7.28. The van der Waals surface area contributed by atoms with Crippen molar-refractivity contribution >= 4 is 23.4 Å². The number of carbonyl (C=O) groups is 1. The lowest BCUT2D eigenvalue weighted by molar-refractivity contribution is 0.213. The van der Waals surface area contributed by atoms with Crippen LogP contribution in [0.4, 0.5) is 4.79 Å². The van der Waals surface area contributed by atoms with Crippen LogP contribution in [-0.2, 0) is 0 Å². The van der Waals surface area contributed by atoms with E-state index in [1.807, 2.05) is 0 Å². The van der Waals surface area contributed by atoms with E-state index in [9.17, 15) is 4.79 Å². The number of likely N-dealkylation sites (N-methyl/N-ethyl adjacent to an activating group) is 1. The molecule has 2 amide bonds. The van der Waals surface area contributed by atoms with Crippen LogP contribution in [-0.4, -0.2) is 41.1 Å². The van der Waals surface area contributed by atoms with Gasteiger partial charge in [-0.3, -0.25) is 4.90 Å². The normalized spacial score (nSPS) is 16.2. The minimum atomic E-state index is -0.215. The van der Waals surface area contributed by atoms with Crippen LogP contribution in [0.5, 0.6) is 0 Å². The largest absolute Gasteiger partial charge is 0.326 e. The molecule has 6 nitrogen and oxygen atoms in total. The number of carbonyl (C=O) groups excluding carboxylic acids is 1. The molecule has 1 aliphatic heterocycles. The first-order chi connectivity index (χ1) is 5.66. The van der Waals surface area contributed by atoms with Crippen LogP contribution in [0.1, 0.15) is 0 Å². The standard InChI is InChI=1S/C5H7N5OS/c1-9-2-3-10(5(9)11)4(12)7-8-6/h2-3H2,1H3. The Morgan fingerprint density at radius 3 is 2.83 bits per heavy atom. The van der Waals surface area contributed by atoms with Gasteiger partial charge < -0.3 is 4.90 Å². The number of hydrogen-bond acceptors (Lipinski definition) is 2. The van der Waals surface area contributed by atoms with Gasteiger partial charge in [-0.2, -0.15) is 0 Å². The molecule has 0 aromatic rings. The lowest BCUT2D eigenvalue weighted by Crippen LogP contribution is -2.32. The van der Waals surface area contributed by atoms with Gasteiger partial charge in [0.25, 0.3) is 0 Å². The number of urea groups is 1. The summed E-state index contributed by atoms with van der Waals surface area (Å²) in [6.45, 7) is 1.10. The Hall–Kier alpha value is -1.33. The number of nitrogens with zero attached hydrogens (tertiary/aromatic N) is 5. The van der Waals surface area contributed by atoms with E-state index in [4.69, 9.17) is 17.7 Å². The van der Waals surface area contributed by atoms with Crippen LogP contribution in [0.3, 0.4) is 0 Å². The topological polar surface area (TPSA) is 72.3 Å². The van der Waals surface area contributed by atoms with Crippen LogP contribution in [0, 0.1) is 0 Å². The molecule has 0 bridgehead atoms. The van der Waals surface area contributed by atoms with E-state index in [1.165, 1.54) is 9.80 Å². The van der Waals surface area contributed by atoms with Crippen molar-refractivity contribution in [2.45, 2.75) is 0 Å². The molecule has 1 fully saturated rings. The second kappa shape index (κ2) is 3.38. The van der Waals surface area contributed by atoms with Crippen molar-refractivity contribution in [3.05, 3.63) is 10.4 Å². The van der Waals surface area contributed by atoms with Gasteiger partial charge in [-0.1, -0.05) is 12.2 Å². The van der Waals surface area contributed by atoms with Crippen molar-refractivity contribution in [3.8, 4) is 0 Å². The quantitative estimate of drug-likeness (QED) is 0.244. The van der Waals surface area contributed by atoms with Gasteiger partial charge in [0.1, 0.15) is 0 Å². The number of rotatable bonds is 0. The number of amides is 2. The second-order valence-electron chi connectivity index (χ2n) is 2.33. The molecule has 1 heterocycles. The maximum atomic E-state index is 11.2. The molecule has 64 valence electrons. The highest BCUT2D eigenvalue weighted by Gasteiger charge is 2.27. The Labute approximate surface area is 74.4 Å². The summed E-state index contributed by atoms with van der Waals surface area (Å²) < 4.78 is 0. The molecule has 7 heteroatoms. The highest BCUT2D eigenvalue weighted by Crippen LogP contribution is 2.07. The molecule has 0 aliphatic carbocycles. The third kappa shape index (κ3) is 1.46. The lowest BCUT2D eigenvalue weighted by atomic mass is 10.6. The number of hydrogen-bond donors (Lipinski definition) is 0. The molecule has 1 aliphatic rings. The second-order valence-corrected chi connectivity index (χ2v) is 2.69. The first-order valence-electron chi connectivity index (χ1n) is 3.28. The smallest absolute Gasteiger partial charge is 0.324 e. The molecule has 0 saturated carbocycles. The molecular formula is C5H7N5OS. The summed E-state index contributed by atoms with van der Waals surface area (Å²) in [6, 6.07) is -0.215. The van der Waals surface area contributed by atoms with Gasteiger partial charge in [-0.05, 0) is 10.6 Å². The van der Waals surface area contributed by atoms with E-state index >= 15 is 0 Å². The average molecular weight is 185 g/mol. The van der Waals surface area contributed by atoms with Gasteiger partial charge in [0.05, 0.1) is 0 Å². The molecule has 0 aromatic carbocycles. The summed E-state index contributed by atoms with van der Waals surface area (Å²) in [5, 5.41) is 3.17. The van der Waals surface area contributed by atoms with Crippen molar-refractivity contribution in [3.63, 3.8) is 0 Å². The fourth-order valence-corrected chi connectivity index (χ4v) is 1.12. The zero-order chi connectivity index (χ0) is 9.14. The van der Waals surface area contributed by atoms with Crippen molar-refractivity contribution in [1.29, 1.82) is 0 Å². The maximum absolute atomic E-state index is 11.2. The summed E-state index contributed by atoms with van der Waals surface area (Å²) in [7, 11) is 1.67. The third-order valence-corrected chi connectivity index (χ3v) is 1.88. The van der Waals surface area contributed by atoms with Crippen molar-refractivity contribution in [2.75, 3.05) is 20.1 Å². The van der Waals surface area contributed by atoms with Crippen molar-refractivity contribution < 1.29 is 4.79 Å². The first-order valence-corrected chi connectivity index (χ1v) is 3.69. The van der Waals surface area contributed by atoms with Gasteiger partial charge in [0.2, 0.25) is 0 Å². The van der Waals surface area contributed by atoms with E-state index in [2.05, 4.69) is 10.0 Å². The van der Waals surface area contributed by atoms with Gasteiger partial charge in [-0.25, -0.2) is 4.79 Å². The molecule has 0 radical (unpaired) electrons. The molecule has 1 rings (SSSR count). The van der Waals surface area contributed by atoms with E-state index < -0.39 is 0 Å². The van der Waals surface area contributed by atoms with Crippen molar-refractivity contribution in [1.82, 2.24) is 9.80 Å². The number of azide groups is 1. The fourth-order valence-electron chi connectivity index (χ4n) is 0.917. The van der Waals surface area contributed by atoms with E-state index in [0.717, 1.165) is 0 Å². The first kappa shape index (κ1) is 8.76. The lowest BCUT2D eigenvalue weighted by Gasteiger charge is -2.12. The van der Waals surface area contributed by atoms with Crippen molar-refractivity contribution in [2.24, 2.45) is 5.11 Å². The monoisotopic (exact) mass is 185 g/mol. The molecule has 1 saturated heterocycles. The Balaban J connectivity index is 2.72. The SMILES string of the molecule is CN1CCN(C(=S)N=[N+]=[N-])C1=O. The average Bonchev–Trinajstić information content (AvgIpc) is 2.34. The van der Waals surface area contributed by atoms with Crippen LogP contribution in [0.15, 0.2) is 5.11 Å². The van der Waals surface area contributed by atoms with Gasteiger partial charge in [-0.15, -0.1) is 0 Å². The Kier molecular flexibility index (Phi) is 2.47. The summed E-state index contributed by atoms with van der Waals surface area (Å²) in [5.41, 5.74) is 8.07. The van der Waals surface area contributed by atoms with E-state index in [1.54, 1.807) is 7.05 Å². The van der Waals surface area contributed by atoms with Crippen LogP contribution < -0.4 is 0 Å². The predicted molar refractivity (Wildman–Crippen MR) is 46.5 cm³/mol. The Morgan fingerprint density at radius 1 is 1.75 bits per heavy atom. The van der Waals surface area contributed by atoms with Gasteiger partial charge in [0, 0.05) is 25.0 Å². The predicted octanol–water partition coefficient (Wildman–Crippen LogP) is 0.949. The molecule has 0 N–H and O–H groups in total. The third-order valence-electron chi connectivity index (χ3n) is 1.58. The zero-order valence-electron chi connectivity index (χ0n) is 6.47. The van der Waals surface area contributed by atoms with Gasteiger partial charge in [0.15, 0.2) is 5.11 Å². The summed E-state index contributed by atoms with van der Waals surface area (Å²) in [5.74, 6) is 0. The molecule has 0 spiro atoms. The van der Waals surface area contributed by atoms with E-state index in [0.29, 0.717) is 13.1 Å². The number of thiocarbonyl (C=S) groups is 1. The molecule has 0 aromatic heterocycles. The summed E-state index contributed by atoms with van der Waals surface area (Å²) in [4.78, 5) is 16.5. The molecule has 0 unspecified atom stereocenters.